The van der Waals surface area contributed by atoms with Crippen molar-refractivity contribution in [1.82, 2.24) is 14.8 Å². The van der Waals surface area contributed by atoms with Gasteiger partial charge in [0.05, 0.1) is 12.5 Å². The van der Waals surface area contributed by atoms with Crippen LogP contribution in [0.2, 0.25) is 0 Å². The summed E-state index contributed by atoms with van der Waals surface area (Å²) >= 11 is 0. The molecule has 4 heterocycles. The molecule has 1 aromatic rings. The number of cyclic esters (lactones) is 1. The number of hydrogen-bond donors (Lipinski definition) is 2. The van der Waals surface area contributed by atoms with E-state index in [0.717, 1.165) is 11.1 Å². The Bertz CT molecular complexity index is 1270. The van der Waals surface area contributed by atoms with Crippen molar-refractivity contribution in [2.24, 2.45) is 5.92 Å². The van der Waals surface area contributed by atoms with E-state index in [1.807, 2.05) is 50.4 Å². The largest absolute Gasteiger partial charge is 0.457 e. The Morgan fingerprint density at radius 3 is 2.51 bits per heavy atom. The number of aliphatic hydroxyl groups is 2. The van der Waals surface area contributed by atoms with Crippen LogP contribution >= 0.6 is 0 Å². The van der Waals surface area contributed by atoms with E-state index in [9.17, 15) is 28.6 Å². The van der Waals surface area contributed by atoms with E-state index in [1.165, 1.54) is 0 Å². The molecule has 2 fully saturated rings. The normalized spacial score (nSPS) is 31.8. The molecule has 0 saturated carbocycles. The fourth-order valence-electron chi connectivity index (χ4n) is 6.49. The minimum absolute atomic E-state index is 0.0854. The molecule has 1 unspecified atom stereocenters. The van der Waals surface area contributed by atoms with Crippen molar-refractivity contribution in [3.63, 3.8) is 0 Å². The molecule has 2 saturated heterocycles. The van der Waals surface area contributed by atoms with Gasteiger partial charge in [-0.1, -0.05) is 44.2 Å². The minimum atomic E-state index is -2.60. The van der Waals surface area contributed by atoms with Crippen molar-refractivity contribution in [1.29, 1.82) is 0 Å². The Morgan fingerprint density at radius 1 is 1.15 bits per heavy atom. The van der Waals surface area contributed by atoms with Crippen LogP contribution in [0.25, 0.3) is 0 Å². The standard InChI is InChI=1S/C36H51F2N3O6/c1-25(28-9-6-18-39-24-28)7-5-8-26(2)33-27(3)10-11-31(35(4,45)15-12-30(42)23-32(43)47-33)46-34(44)41-19-13-29(14-20-41)40-21-16-36(37,38)17-22-40/h5-11,18,24-25,27,29-31,33,42,45H,12-17,19-23H2,1-4H3/b7-5+,11-10-,26-8+/t25?,27-,30-,31-,33+,35-/m0/s1. The highest BCUT2D eigenvalue weighted by Crippen LogP contribution is 2.31. The van der Waals surface area contributed by atoms with E-state index in [0.29, 0.717) is 39.0 Å². The maximum atomic E-state index is 13.6. The Hall–Kier alpha value is -3.15. The zero-order chi connectivity index (χ0) is 34.2. The molecule has 0 radical (unpaired) electrons. The van der Waals surface area contributed by atoms with Gasteiger partial charge in [-0.2, -0.15) is 0 Å². The number of likely N-dealkylation sites (tertiary alicyclic amines) is 2. The maximum absolute atomic E-state index is 13.6. The summed E-state index contributed by atoms with van der Waals surface area (Å²) in [5, 5.41) is 22.1. The van der Waals surface area contributed by atoms with Crippen molar-refractivity contribution >= 4 is 12.1 Å². The number of nitrogens with zero attached hydrogens (tertiary/aromatic N) is 3. The molecule has 3 aliphatic rings. The molecule has 11 heteroatoms. The predicted molar refractivity (Wildman–Crippen MR) is 175 cm³/mol. The lowest BCUT2D eigenvalue weighted by Gasteiger charge is -2.42. The van der Waals surface area contributed by atoms with Crippen molar-refractivity contribution in [3.05, 3.63) is 66.0 Å². The Morgan fingerprint density at radius 2 is 1.85 bits per heavy atom. The van der Waals surface area contributed by atoms with Gasteiger partial charge >= 0.3 is 12.1 Å². The number of alkyl halides is 2. The van der Waals surface area contributed by atoms with E-state index in [-0.39, 0.29) is 50.0 Å². The molecule has 1 aromatic heterocycles. The lowest BCUT2D eigenvalue weighted by molar-refractivity contribution is -0.151. The second kappa shape index (κ2) is 16.3. The van der Waals surface area contributed by atoms with Gasteiger partial charge in [0, 0.05) is 69.3 Å². The third kappa shape index (κ3) is 10.7. The number of esters is 1. The predicted octanol–water partition coefficient (Wildman–Crippen LogP) is 5.79. The van der Waals surface area contributed by atoms with Gasteiger partial charge in [0.1, 0.15) is 11.7 Å². The first-order valence-electron chi connectivity index (χ1n) is 16.8. The van der Waals surface area contributed by atoms with Crippen LogP contribution in [0.4, 0.5) is 13.6 Å². The highest BCUT2D eigenvalue weighted by molar-refractivity contribution is 5.70. The maximum Gasteiger partial charge on any atom is 0.410 e. The molecule has 9 nitrogen and oxygen atoms in total. The van der Waals surface area contributed by atoms with Crippen LogP contribution in [-0.4, -0.2) is 99.1 Å². The third-order valence-electron chi connectivity index (χ3n) is 9.74. The quantitative estimate of drug-likeness (QED) is 0.224. The van der Waals surface area contributed by atoms with Gasteiger partial charge in [-0.15, -0.1) is 0 Å². The number of halogens is 2. The summed E-state index contributed by atoms with van der Waals surface area (Å²) in [6.45, 7) is 8.94. The Labute approximate surface area is 277 Å². The molecule has 260 valence electrons. The molecule has 6 atom stereocenters. The number of hydrogen-bond acceptors (Lipinski definition) is 8. The van der Waals surface area contributed by atoms with Crippen LogP contribution in [0.15, 0.2) is 60.5 Å². The number of carbonyl (C=O) groups excluding carboxylic acids is 2. The van der Waals surface area contributed by atoms with Crippen LogP contribution in [-0.2, 0) is 14.3 Å². The van der Waals surface area contributed by atoms with Gasteiger partial charge in [-0.05, 0) is 62.8 Å². The number of ether oxygens (including phenoxy) is 2. The number of pyridine rings is 1. The highest BCUT2D eigenvalue weighted by Gasteiger charge is 2.39. The van der Waals surface area contributed by atoms with Crippen molar-refractivity contribution < 1.29 is 38.1 Å². The number of rotatable bonds is 6. The van der Waals surface area contributed by atoms with Crippen molar-refractivity contribution in [3.8, 4) is 0 Å². The Kier molecular flexibility index (Phi) is 12.7. The first-order chi connectivity index (χ1) is 22.2. The lowest BCUT2D eigenvalue weighted by Crippen LogP contribution is -2.51. The van der Waals surface area contributed by atoms with Crippen LogP contribution < -0.4 is 0 Å². The second-order valence-electron chi connectivity index (χ2n) is 13.7. The van der Waals surface area contributed by atoms with Gasteiger partial charge in [-0.25, -0.2) is 13.6 Å². The van der Waals surface area contributed by atoms with Gasteiger partial charge in [0.25, 0.3) is 5.92 Å². The average Bonchev–Trinajstić information content (AvgIpc) is 3.04. The van der Waals surface area contributed by atoms with Gasteiger partial charge in [0.2, 0.25) is 0 Å². The van der Waals surface area contributed by atoms with Gasteiger partial charge in [-0.3, -0.25) is 14.7 Å². The zero-order valence-corrected chi connectivity index (χ0v) is 28.1. The monoisotopic (exact) mass is 659 g/mol. The van der Waals surface area contributed by atoms with E-state index in [2.05, 4.69) is 16.8 Å². The third-order valence-corrected chi connectivity index (χ3v) is 9.74. The number of carbonyl (C=O) groups is 2. The molecule has 47 heavy (non-hydrogen) atoms. The van der Waals surface area contributed by atoms with Gasteiger partial charge in [0.15, 0.2) is 6.10 Å². The smallest absolute Gasteiger partial charge is 0.410 e. The summed E-state index contributed by atoms with van der Waals surface area (Å²) < 4.78 is 39.0. The molecule has 0 spiro atoms. The molecular weight excluding hydrogens is 608 g/mol. The summed E-state index contributed by atoms with van der Waals surface area (Å²) in [5.74, 6) is -3.35. The molecule has 2 N–H and O–H groups in total. The van der Waals surface area contributed by atoms with E-state index >= 15 is 0 Å². The molecule has 0 aliphatic carbocycles. The van der Waals surface area contributed by atoms with Crippen molar-refractivity contribution in [2.45, 2.75) is 114 Å². The SMILES string of the molecule is C/C(=C\C=C\C(C)c1cccnc1)[C@H]1OC(=O)C[C@@H](O)CC[C@](C)(O)[C@@H](OC(=O)N2CCC(N3CCC(F)(F)CC3)CC2)/C=C\[C@@H]1C. The minimum Gasteiger partial charge on any atom is -0.457 e. The second-order valence-corrected chi connectivity index (χ2v) is 13.7. The van der Waals surface area contributed by atoms with E-state index < -0.39 is 41.9 Å². The lowest BCUT2D eigenvalue weighted by atomic mass is 9.88. The number of piperidine rings is 2. The topological polar surface area (TPSA) is 112 Å². The van der Waals surface area contributed by atoms with Crippen LogP contribution in [0.5, 0.6) is 0 Å². The number of aromatic nitrogens is 1. The number of amides is 1. The first-order valence-corrected chi connectivity index (χ1v) is 16.8. The molecule has 0 bridgehead atoms. The summed E-state index contributed by atoms with van der Waals surface area (Å²) in [6, 6.07) is 4.04. The van der Waals surface area contributed by atoms with Crippen LogP contribution in [0.3, 0.4) is 0 Å². The number of allylic oxidation sites excluding steroid dienone is 3. The van der Waals surface area contributed by atoms with Crippen LogP contribution in [0.1, 0.15) is 84.1 Å². The Balaban J connectivity index is 1.44. The molecule has 1 amide bonds. The molecule has 0 aromatic carbocycles. The summed E-state index contributed by atoms with van der Waals surface area (Å²) in [5.41, 5.74) is 0.347. The van der Waals surface area contributed by atoms with Gasteiger partial charge < -0.3 is 24.6 Å². The summed E-state index contributed by atoms with van der Waals surface area (Å²) in [6.07, 6.45) is 10.6. The highest BCUT2D eigenvalue weighted by atomic mass is 19.3. The summed E-state index contributed by atoms with van der Waals surface area (Å²) in [4.78, 5) is 34.0. The summed E-state index contributed by atoms with van der Waals surface area (Å²) in [7, 11) is 0. The van der Waals surface area contributed by atoms with Crippen molar-refractivity contribution in [2.75, 3.05) is 26.2 Å². The number of aliphatic hydroxyl groups excluding tert-OH is 1. The van der Waals surface area contributed by atoms with Crippen LogP contribution in [0, 0.1) is 5.92 Å². The molecule has 3 aliphatic heterocycles. The molecular formula is C36H51F2N3O6. The zero-order valence-electron chi connectivity index (χ0n) is 28.1. The molecule has 4 rings (SSSR count). The fourth-order valence-corrected chi connectivity index (χ4v) is 6.49. The van der Waals surface area contributed by atoms with E-state index in [4.69, 9.17) is 9.47 Å². The van der Waals surface area contributed by atoms with E-state index in [1.54, 1.807) is 30.2 Å². The first kappa shape index (κ1) is 36.7. The average molecular weight is 660 g/mol. The fraction of sp³-hybridized carbons (Fsp3) is 0.639.